The van der Waals surface area contributed by atoms with Crippen molar-refractivity contribution in [2.24, 2.45) is 11.8 Å². The average Bonchev–Trinajstić information content (AvgIpc) is 2.93. The van der Waals surface area contributed by atoms with Crippen molar-refractivity contribution in [3.05, 3.63) is 59.2 Å². The highest BCUT2D eigenvalue weighted by molar-refractivity contribution is 7.99. The van der Waals surface area contributed by atoms with E-state index in [2.05, 4.69) is 37.4 Å². The summed E-state index contributed by atoms with van der Waals surface area (Å²) < 4.78 is 0. The van der Waals surface area contributed by atoms with Crippen LogP contribution in [0.25, 0.3) is 11.1 Å². The van der Waals surface area contributed by atoms with Crippen LogP contribution in [-0.4, -0.2) is 41.4 Å². The molecule has 0 heterocycles. The van der Waals surface area contributed by atoms with Crippen molar-refractivity contribution in [2.75, 3.05) is 23.5 Å². The van der Waals surface area contributed by atoms with Gasteiger partial charge in [-0.3, -0.25) is 4.79 Å². The van der Waals surface area contributed by atoms with Crippen LogP contribution in [0.2, 0.25) is 0 Å². The molecule has 0 saturated heterocycles. The largest absolute Gasteiger partial charge is 0.548 e. The first kappa shape index (κ1) is 30.6. The van der Waals surface area contributed by atoms with Crippen LogP contribution in [0, 0.1) is 18.8 Å². The van der Waals surface area contributed by atoms with Crippen LogP contribution in [-0.2, 0) is 11.2 Å². The molecule has 0 aliphatic heterocycles. The number of aliphatic carboxylic acids is 1. The summed E-state index contributed by atoms with van der Waals surface area (Å²) in [5.41, 5.74) is 4.72. The third kappa shape index (κ3) is 9.37. The molecule has 2 atom stereocenters. The Balaban J connectivity index is 1.85. The monoisotopic (exact) mass is 554 g/mol. The normalized spacial score (nSPS) is 15.7. The molecule has 2 aromatic rings. The van der Waals surface area contributed by atoms with Gasteiger partial charge in [0.1, 0.15) is 0 Å². The van der Waals surface area contributed by atoms with E-state index in [-0.39, 0.29) is 5.91 Å². The fraction of sp³-hybridized carbons (Fsp3) is 0.562. The van der Waals surface area contributed by atoms with Crippen molar-refractivity contribution >= 4 is 35.4 Å². The number of carboxylic acid groups (broad SMARTS) is 1. The van der Waals surface area contributed by atoms with Gasteiger partial charge in [-0.2, -0.15) is 23.5 Å². The van der Waals surface area contributed by atoms with Crippen molar-refractivity contribution in [1.82, 2.24) is 5.32 Å². The molecular weight excluding hydrogens is 510 g/mol. The second-order valence-corrected chi connectivity index (χ2v) is 12.9. The number of hydrogen-bond donors (Lipinski definition) is 1. The summed E-state index contributed by atoms with van der Waals surface area (Å²) in [6, 6.07) is 13.2. The summed E-state index contributed by atoms with van der Waals surface area (Å²) in [4.78, 5) is 25.0. The molecule has 1 saturated carbocycles. The molecule has 0 radical (unpaired) electrons. The first-order valence-corrected chi connectivity index (χ1v) is 16.7. The minimum absolute atomic E-state index is 0.338. The molecule has 1 N–H and O–H groups in total. The van der Waals surface area contributed by atoms with Crippen LogP contribution < -0.4 is 10.4 Å². The van der Waals surface area contributed by atoms with Crippen LogP contribution in [0.4, 0.5) is 0 Å². The predicted molar refractivity (Wildman–Crippen MR) is 162 cm³/mol. The van der Waals surface area contributed by atoms with Crippen LogP contribution >= 0.6 is 23.5 Å². The van der Waals surface area contributed by atoms with Crippen molar-refractivity contribution < 1.29 is 14.7 Å². The molecule has 1 amide bonds. The summed E-state index contributed by atoms with van der Waals surface area (Å²) >= 11 is 3.58. The lowest BCUT2D eigenvalue weighted by molar-refractivity contribution is -0.308. The highest BCUT2D eigenvalue weighted by Gasteiger charge is 2.21. The van der Waals surface area contributed by atoms with Crippen molar-refractivity contribution in [3.8, 4) is 11.1 Å². The van der Waals surface area contributed by atoms with Gasteiger partial charge in [-0.15, -0.1) is 0 Å². The molecular formula is C32H44NO3S2-. The maximum absolute atomic E-state index is 13.4. The first-order valence-electron chi connectivity index (χ1n) is 14.2. The number of aryl methyl sites for hydroxylation is 1. The quantitative estimate of drug-likeness (QED) is 0.271. The van der Waals surface area contributed by atoms with Gasteiger partial charge < -0.3 is 15.2 Å². The molecule has 3 rings (SSSR count). The van der Waals surface area contributed by atoms with E-state index in [0.29, 0.717) is 23.7 Å². The van der Waals surface area contributed by atoms with E-state index in [1.54, 1.807) is 11.8 Å². The smallest absolute Gasteiger partial charge is 0.252 e. The van der Waals surface area contributed by atoms with Gasteiger partial charge in [0.15, 0.2) is 0 Å². The standard InChI is InChI=1S/C32H45NO3S2/c1-4-38-22-26(15-14-24-11-6-5-7-12-24)20-25-16-17-28(29(21-25)27-13-9-8-10-23(27)2)31(34)33-30(32(35)36)18-19-37-3/h8-10,13,16-17,21,24,26,30H,4-7,11-12,14-15,18-20,22H2,1-3H3,(H,33,34)(H,35,36)/p-1/t26?,30-/m0/s1. The van der Waals surface area contributed by atoms with Crippen molar-refractivity contribution in [2.45, 2.75) is 77.7 Å². The second-order valence-electron chi connectivity index (χ2n) is 10.6. The van der Waals surface area contributed by atoms with Gasteiger partial charge >= 0.3 is 0 Å². The Morgan fingerprint density at radius 3 is 2.50 bits per heavy atom. The van der Waals surface area contributed by atoms with E-state index in [9.17, 15) is 14.7 Å². The predicted octanol–water partition coefficient (Wildman–Crippen LogP) is 6.54. The molecule has 1 aliphatic carbocycles. The van der Waals surface area contributed by atoms with E-state index >= 15 is 0 Å². The lowest BCUT2D eigenvalue weighted by Gasteiger charge is -2.25. The zero-order valence-corrected chi connectivity index (χ0v) is 24.9. The zero-order chi connectivity index (χ0) is 27.3. The number of benzene rings is 2. The highest BCUT2D eigenvalue weighted by Crippen LogP contribution is 2.32. The fourth-order valence-corrected chi connectivity index (χ4v) is 6.87. The number of rotatable bonds is 15. The van der Waals surface area contributed by atoms with Crippen LogP contribution in [0.15, 0.2) is 42.5 Å². The van der Waals surface area contributed by atoms with E-state index in [1.165, 1.54) is 50.5 Å². The second kappa shape index (κ2) is 16.2. The Kier molecular flexibility index (Phi) is 13.1. The molecule has 38 heavy (non-hydrogen) atoms. The molecule has 2 aromatic carbocycles. The maximum atomic E-state index is 13.4. The maximum Gasteiger partial charge on any atom is 0.252 e. The minimum Gasteiger partial charge on any atom is -0.548 e. The highest BCUT2D eigenvalue weighted by atomic mass is 32.2. The number of nitrogens with one attached hydrogen (secondary N) is 1. The number of thioether (sulfide) groups is 2. The van der Waals surface area contributed by atoms with Crippen LogP contribution in [0.5, 0.6) is 0 Å². The molecule has 1 fully saturated rings. The summed E-state index contributed by atoms with van der Waals surface area (Å²) in [6.45, 7) is 4.28. The summed E-state index contributed by atoms with van der Waals surface area (Å²) in [7, 11) is 0. The first-order chi connectivity index (χ1) is 18.4. The van der Waals surface area contributed by atoms with Crippen molar-refractivity contribution in [1.29, 1.82) is 0 Å². The molecule has 208 valence electrons. The molecule has 4 nitrogen and oxygen atoms in total. The number of carboxylic acids is 1. The summed E-state index contributed by atoms with van der Waals surface area (Å²) in [5, 5.41) is 14.4. The van der Waals surface area contributed by atoms with Gasteiger partial charge in [-0.1, -0.05) is 81.8 Å². The summed E-state index contributed by atoms with van der Waals surface area (Å²) in [6.07, 6.45) is 12.8. The molecule has 1 aliphatic rings. The lowest BCUT2D eigenvalue weighted by Crippen LogP contribution is -2.48. The third-order valence-electron chi connectivity index (χ3n) is 7.75. The van der Waals surface area contributed by atoms with Crippen LogP contribution in [0.3, 0.4) is 0 Å². The van der Waals surface area contributed by atoms with Gasteiger partial charge in [-0.25, -0.2) is 0 Å². The topological polar surface area (TPSA) is 69.2 Å². The molecule has 0 aromatic heterocycles. The molecule has 6 heteroatoms. The lowest BCUT2D eigenvalue weighted by atomic mass is 9.83. The van der Waals surface area contributed by atoms with E-state index in [4.69, 9.17) is 0 Å². The molecule has 0 spiro atoms. The van der Waals surface area contributed by atoms with Gasteiger partial charge in [-0.05, 0) is 89.9 Å². The zero-order valence-electron chi connectivity index (χ0n) is 23.3. The Labute approximate surface area is 238 Å². The molecule has 1 unspecified atom stereocenters. The van der Waals surface area contributed by atoms with Gasteiger partial charge in [0.2, 0.25) is 0 Å². The van der Waals surface area contributed by atoms with E-state index in [0.717, 1.165) is 40.5 Å². The number of carbonyl (C=O) groups is 2. The van der Waals surface area contributed by atoms with Crippen LogP contribution in [0.1, 0.15) is 79.8 Å². The number of hydrogen-bond acceptors (Lipinski definition) is 5. The Morgan fingerprint density at radius 2 is 1.82 bits per heavy atom. The third-order valence-corrected chi connectivity index (χ3v) is 9.51. The van der Waals surface area contributed by atoms with Gasteiger partial charge in [0.05, 0.1) is 12.0 Å². The fourth-order valence-electron chi connectivity index (χ4n) is 5.54. The Bertz CT molecular complexity index is 1040. The van der Waals surface area contributed by atoms with Crippen molar-refractivity contribution in [3.63, 3.8) is 0 Å². The minimum atomic E-state index is -1.24. The SMILES string of the molecule is CCSCC(CCC1CCCCC1)Cc1ccc(C(=O)N[C@@H](CCSC)C(=O)[O-])c(-c2ccccc2C)c1. The van der Waals surface area contributed by atoms with E-state index in [1.807, 2.05) is 42.3 Å². The Hall–Kier alpha value is -1.92. The number of amides is 1. The Morgan fingerprint density at radius 1 is 1.05 bits per heavy atom. The molecule has 0 bridgehead atoms. The van der Waals surface area contributed by atoms with Gasteiger partial charge in [0.25, 0.3) is 5.91 Å². The summed E-state index contributed by atoms with van der Waals surface area (Å²) in [5.74, 6) is 2.82. The number of carbonyl (C=O) groups excluding carboxylic acids is 2. The van der Waals surface area contributed by atoms with E-state index < -0.39 is 12.0 Å². The van der Waals surface area contributed by atoms with Gasteiger partial charge in [0, 0.05) is 5.56 Å². The average molecular weight is 555 g/mol.